The maximum absolute atomic E-state index is 12.2. The maximum Gasteiger partial charge on any atom is 0.328 e. The molecule has 0 atom stereocenters. The molecule has 130 valence electrons. The molecule has 1 saturated heterocycles. The average Bonchev–Trinajstić information content (AvgIpc) is 2.45. The Morgan fingerprint density at radius 3 is 2.42 bits per heavy atom. The molecule has 0 saturated carbocycles. The summed E-state index contributed by atoms with van der Waals surface area (Å²) in [5.74, 6) is -0.523. The van der Waals surface area contributed by atoms with Crippen LogP contribution in [0, 0.1) is 6.92 Å². The molecule has 1 heterocycles. The minimum Gasteiger partial charge on any atom is -0.496 e. The molecule has 0 aromatic heterocycles. The SMILES string of the molecule is COc1c(C(N)=O)cc(N2CCC(=O)NC2=O)c(C)c1C(C)(C)C. The van der Waals surface area contributed by atoms with Gasteiger partial charge >= 0.3 is 6.03 Å². The van der Waals surface area contributed by atoms with Gasteiger partial charge in [-0.2, -0.15) is 0 Å². The van der Waals surface area contributed by atoms with Crippen LogP contribution >= 0.6 is 0 Å². The third kappa shape index (κ3) is 3.06. The fraction of sp³-hybridized carbons (Fsp3) is 0.471. The lowest BCUT2D eigenvalue weighted by Crippen LogP contribution is -2.50. The number of ether oxygens (including phenoxy) is 1. The van der Waals surface area contributed by atoms with Gasteiger partial charge in [-0.3, -0.25) is 19.8 Å². The first-order valence-electron chi connectivity index (χ1n) is 7.71. The third-order valence-electron chi connectivity index (χ3n) is 4.08. The van der Waals surface area contributed by atoms with Crippen molar-refractivity contribution >= 4 is 23.5 Å². The van der Waals surface area contributed by atoms with Crippen LogP contribution in [-0.4, -0.2) is 31.5 Å². The number of hydrogen-bond acceptors (Lipinski definition) is 4. The number of urea groups is 1. The summed E-state index contributed by atoms with van der Waals surface area (Å²) in [7, 11) is 1.49. The standard InChI is InChI=1S/C17H23N3O4/c1-9-11(20-7-6-12(21)19-16(20)23)8-10(15(18)22)14(24-5)13(9)17(2,3)4/h8H,6-7H2,1-5H3,(H2,18,22)(H,19,21,23). The van der Waals surface area contributed by atoms with Crippen LogP contribution in [-0.2, 0) is 10.2 Å². The van der Waals surface area contributed by atoms with Crippen molar-refractivity contribution in [2.24, 2.45) is 5.73 Å². The fourth-order valence-electron chi connectivity index (χ4n) is 3.12. The van der Waals surface area contributed by atoms with Crippen LogP contribution in [0.25, 0.3) is 0 Å². The van der Waals surface area contributed by atoms with E-state index in [1.807, 2.05) is 27.7 Å². The van der Waals surface area contributed by atoms with Crippen molar-refractivity contribution in [3.63, 3.8) is 0 Å². The number of anilines is 1. The summed E-state index contributed by atoms with van der Waals surface area (Å²) in [6, 6.07) is 1.05. The highest BCUT2D eigenvalue weighted by Crippen LogP contribution is 2.41. The van der Waals surface area contributed by atoms with Crippen LogP contribution in [0.4, 0.5) is 10.5 Å². The number of hydrogen-bond donors (Lipinski definition) is 2. The molecule has 0 radical (unpaired) electrons. The lowest BCUT2D eigenvalue weighted by Gasteiger charge is -2.32. The summed E-state index contributed by atoms with van der Waals surface area (Å²) >= 11 is 0. The van der Waals surface area contributed by atoms with E-state index in [1.165, 1.54) is 12.0 Å². The predicted octanol–water partition coefficient (Wildman–Crippen LogP) is 1.85. The molecule has 24 heavy (non-hydrogen) atoms. The zero-order valence-corrected chi connectivity index (χ0v) is 14.6. The quantitative estimate of drug-likeness (QED) is 0.881. The molecular formula is C17H23N3O4. The first-order chi connectivity index (χ1) is 11.1. The molecule has 7 heteroatoms. The summed E-state index contributed by atoms with van der Waals surface area (Å²) in [6.45, 7) is 8.09. The molecule has 1 aromatic rings. The summed E-state index contributed by atoms with van der Waals surface area (Å²) in [5.41, 5.74) is 7.57. The second-order valence-corrected chi connectivity index (χ2v) is 6.85. The number of benzene rings is 1. The highest BCUT2D eigenvalue weighted by molar-refractivity contribution is 6.07. The van der Waals surface area contributed by atoms with Gasteiger partial charge in [0.1, 0.15) is 5.75 Å². The summed E-state index contributed by atoms with van der Waals surface area (Å²) < 4.78 is 5.46. The van der Waals surface area contributed by atoms with Gasteiger partial charge < -0.3 is 10.5 Å². The van der Waals surface area contributed by atoms with E-state index < -0.39 is 11.9 Å². The van der Waals surface area contributed by atoms with E-state index >= 15 is 0 Å². The van der Waals surface area contributed by atoms with Crippen molar-refractivity contribution in [1.82, 2.24) is 5.32 Å². The number of methoxy groups -OCH3 is 1. The number of nitrogens with zero attached hydrogens (tertiary/aromatic N) is 1. The van der Waals surface area contributed by atoms with Gasteiger partial charge in [-0.25, -0.2) is 4.79 Å². The molecule has 3 N–H and O–H groups in total. The number of imide groups is 1. The number of nitrogens with one attached hydrogen (secondary N) is 1. The topological polar surface area (TPSA) is 102 Å². The molecule has 2 rings (SSSR count). The van der Waals surface area contributed by atoms with Crippen molar-refractivity contribution < 1.29 is 19.1 Å². The van der Waals surface area contributed by atoms with Crippen LogP contribution in [0.15, 0.2) is 6.07 Å². The van der Waals surface area contributed by atoms with Gasteiger partial charge in [0.25, 0.3) is 5.91 Å². The van der Waals surface area contributed by atoms with E-state index in [9.17, 15) is 14.4 Å². The molecule has 1 aliphatic heterocycles. The Bertz CT molecular complexity index is 720. The molecule has 1 fully saturated rings. The Balaban J connectivity index is 2.73. The minimum absolute atomic E-state index is 0.202. The van der Waals surface area contributed by atoms with Gasteiger partial charge in [0.2, 0.25) is 5.91 Å². The van der Waals surface area contributed by atoms with Gasteiger partial charge in [0.15, 0.2) is 0 Å². The van der Waals surface area contributed by atoms with Gasteiger partial charge in [-0.05, 0) is 24.0 Å². The fourth-order valence-corrected chi connectivity index (χ4v) is 3.12. The Hall–Kier alpha value is -2.57. The molecule has 0 bridgehead atoms. The average molecular weight is 333 g/mol. The monoisotopic (exact) mass is 333 g/mol. The van der Waals surface area contributed by atoms with Gasteiger partial charge in [-0.15, -0.1) is 0 Å². The molecule has 0 spiro atoms. The van der Waals surface area contributed by atoms with Crippen LogP contribution in [0.1, 0.15) is 48.7 Å². The smallest absolute Gasteiger partial charge is 0.328 e. The second-order valence-electron chi connectivity index (χ2n) is 6.85. The van der Waals surface area contributed by atoms with Crippen molar-refractivity contribution in [2.75, 3.05) is 18.6 Å². The van der Waals surface area contributed by atoms with Crippen molar-refractivity contribution in [2.45, 2.75) is 39.5 Å². The number of carbonyl (C=O) groups excluding carboxylic acids is 3. The summed E-state index contributed by atoms with van der Waals surface area (Å²) in [5, 5.41) is 2.29. The van der Waals surface area contributed by atoms with E-state index in [-0.39, 0.29) is 29.9 Å². The lowest BCUT2D eigenvalue weighted by molar-refractivity contribution is -0.120. The van der Waals surface area contributed by atoms with Gasteiger partial charge in [-0.1, -0.05) is 20.8 Å². The Morgan fingerprint density at radius 2 is 1.96 bits per heavy atom. The Labute approximate surface area is 141 Å². The third-order valence-corrected chi connectivity index (χ3v) is 4.08. The van der Waals surface area contributed by atoms with Gasteiger partial charge in [0.05, 0.1) is 12.7 Å². The van der Waals surface area contributed by atoms with Crippen LogP contribution < -0.4 is 20.7 Å². The maximum atomic E-state index is 12.2. The molecule has 4 amide bonds. The number of carbonyl (C=O) groups is 3. The lowest BCUT2D eigenvalue weighted by atomic mass is 9.81. The zero-order chi connectivity index (χ0) is 18.2. The summed E-state index contributed by atoms with van der Waals surface area (Å²) in [6.07, 6.45) is 0.202. The normalized spacial score (nSPS) is 15.3. The van der Waals surface area contributed by atoms with E-state index in [0.29, 0.717) is 11.4 Å². The largest absolute Gasteiger partial charge is 0.496 e. The molecule has 0 unspecified atom stereocenters. The van der Waals surface area contributed by atoms with Gasteiger partial charge in [0, 0.05) is 24.2 Å². The molecular weight excluding hydrogens is 310 g/mol. The Kier molecular flexibility index (Phi) is 4.55. The zero-order valence-electron chi connectivity index (χ0n) is 14.6. The highest BCUT2D eigenvalue weighted by atomic mass is 16.5. The van der Waals surface area contributed by atoms with Crippen molar-refractivity contribution in [3.05, 3.63) is 22.8 Å². The second kappa shape index (κ2) is 6.14. The number of primary amides is 1. The Morgan fingerprint density at radius 1 is 1.33 bits per heavy atom. The number of rotatable bonds is 3. The minimum atomic E-state index is -0.632. The number of amides is 4. The predicted molar refractivity (Wildman–Crippen MR) is 90.5 cm³/mol. The van der Waals surface area contributed by atoms with E-state index in [1.54, 1.807) is 6.07 Å². The highest BCUT2D eigenvalue weighted by Gasteiger charge is 2.32. The van der Waals surface area contributed by atoms with Crippen LogP contribution in [0.5, 0.6) is 5.75 Å². The molecule has 7 nitrogen and oxygen atoms in total. The van der Waals surface area contributed by atoms with Crippen LogP contribution in [0.2, 0.25) is 0 Å². The van der Waals surface area contributed by atoms with Crippen molar-refractivity contribution in [1.29, 1.82) is 0 Å². The van der Waals surface area contributed by atoms with Crippen LogP contribution in [0.3, 0.4) is 0 Å². The van der Waals surface area contributed by atoms with E-state index in [0.717, 1.165) is 11.1 Å². The molecule has 1 aromatic carbocycles. The molecule has 0 aliphatic carbocycles. The first-order valence-corrected chi connectivity index (χ1v) is 7.71. The van der Waals surface area contributed by atoms with E-state index in [4.69, 9.17) is 10.5 Å². The van der Waals surface area contributed by atoms with Crippen molar-refractivity contribution in [3.8, 4) is 5.75 Å². The molecule has 1 aliphatic rings. The first kappa shape index (κ1) is 17.8. The summed E-state index contributed by atoms with van der Waals surface area (Å²) in [4.78, 5) is 36.9. The van der Waals surface area contributed by atoms with E-state index in [2.05, 4.69) is 5.32 Å². The number of nitrogens with two attached hydrogens (primary N) is 1.